The Kier molecular flexibility index (Phi) is 3.61. The van der Waals surface area contributed by atoms with E-state index in [2.05, 4.69) is 4.98 Å². The Morgan fingerprint density at radius 3 is 2.52 bits per heavy atom. The third-order valence-corrected chi connectivity index (χ3v) is 4.28. The van der Waals surface area contributed by atoms with E-state index in [-0.39, 0.29) is 17.5 Å². The number of aromatic nitrogens is 2. The first-order valence-electron chi connectivity index (χ1n) is 7.84. The van der Waals surface area contributed by atoms with Gasteiger partial charge in [-0.15, -0.1) is 0 Å². The SMILES string of the molecule is O=C(O)c1coc(C2CN(C(=O)c3ccccc3-n3cccc3)C2)n1. The van der Waals surface area contributed by atoms with Crippen LogP contribution in [-0.4, -0.2) is 44.5 Å². The van der Waals surface area contributed by atoms with Gasteiger partial charge in [0.15, 0.2) is 5.69 Å². The predicted octanol–water partition coefficient (Wildman–Crippen LogP) is 2.40. The average Bonchev–Trinajstić information content (AvgIpc) is 3.25. The third kappa shape index (κ3) is 2.69. The van der Waals surface area contributed by atoms with Gasteiger partial charge in [-0.1, -0.05) is 12.1 Å². The zero-order valence-electron chi connectivity index (χ0n) is 13.2. The van der Waals surface area contributed by atoms with Gasteiger partial charge in [0.05, 0.1) is 17.2 Å². The highest BCUT2D eigenvalue weighted by molar-refractivity contribution is 5.98. The summed E-state index contributed by atoms with van der Waals surface area (Å²) >= 11 is 0. The standard InChI is InChI=1S/C18H15N3O4/c22-17(13-5-1-2-6-15(13)20-7-3-4-8-20)21-9-12(10-21)16-19-14(11-25-16)18(23)24/h1-8,11-12H,9-10H2,(H,23,24). The van der Waals surface area contributed by atoms with Crippen molar-refractivity contribution in [3.63, 3.8) is 0 Å². The molecule has 0 aliphatic carbocycles. The van der Waals surface area contributed by atoms with E-state index in [0.717, 1.165) is 12.0 Å². The van der Waals surface area contributed by atoms with Crippen LogP contribution in [0.2, 0.25) is 0 Å². The fourth-order valence-electron chi connectivity index (χ4n) is 2.92. The number of para-hydroxylation sites is 1. The smallest absolute Gasteiger partial charge is 0.357 e. The van der Waals surface area contributed by atoms with E-state index in [0.29, 0.717) is 24.5 Å². The summed E-state index contributed by atoms with van der Waals surface area (Å²) < 4.78 is 7.11. The summed E-state index contributed by atoms with van der Waals surface area (Å²) in [5, 5.41) is 8.89. The van der Waals surface area contributed by atoms with Crippen LogP contribution in [0.25, 0.3) is 5.69 Å². The molecule has 2 aromatic heterocycles. The first-order valence-corrected chi connectivity index (χ1v) is 7.84. The largest absolute Gasteiger partial charge is 0.476 e. The summed E-state index contributed by atoms with van der Waals surface area (Å²) in [6.45, 7) is 0.914. The summed E-state index contributed by atoms with van der Waals surface area (Å²) in [7, 11) is 0. The van der Waals surface area contributed by atoms with Gasteiger partial charge in [0.2, 0.25) is 5.89 Å². The van der Waals surface area contributed by atoms with E-state index >= 15 is 0 Å². The van der Waals surface area contributed by atoms with Crippen molar-refractivity contribution in [1.29, 1.82) is 0 Å². The van der Waals surface area contributed by atoms with Crippen LogP contribution in [0.4, 0.5) is 0 Å². The molecule has 1 fully saturated rings. The third-order valence-electron chi connectivity index (χ3n) is 4.28. The van der Waals surface area contributed by atoms with Gasteiger partial charge in [-0.05, 0) is 24.3 Å². The summed E-state index contributed by atoms with van der Waals surface area (Å²) in [6, 6.07) is 11.2. The Morgan fingerprint density at radius 1 is 1.12 bits per heavy atom. The minimum atomic E-state index is -1.12. The van der Waals surface area contributed by atoms with Crippen LogP contribution >= 0.6 is 0 Å². The van der Waals surface area contributed by atoms with Crippen molar-refractivity contribution in [2.24, 2.45) is 0 Å². The van der Waals surface area contributed by atoms with Gasteiger partial charge < -0.3 is 19.0 Å². The highest BCUT2D eigenvalue weighted by atomic mass is 16.4. The molecule has 3 aromatic rings. The predicted molar refractivity (Wildman–Crippen MR) is 87.9 cm³/mol. The Balaban J connectivity index is 1.50. The highest BCUT2D eigenvalue weighted by Gasteiger charge is 2.36. The molecule has 0 bridgehead atoms. The second kappa shape index (κ2) is 5.94. The Labute approximate surface area is 143 Å². The van der Waals surface area contributed by atoms with E-state index in [9.17, 15) is 9.59 Å². The molecule has 3 heterocycles. The average molecular weight is 337 g/mol. The van der Waals surface area contributed by atoms with E-state index in [1.54, 1.807) is 11.0 Å². The Bertz CT molecular complexity index is 923. The second-order valence-electron chi connectivity index (χ2n) is 5.89. The fraction of sp³-hybridized carbons (Fsp3) is 0.167. The van der Waals surface area contributed by atoms with Crippen molar-refractivity contribution in [2.75, 3.05) is 13.1 Å². The molecule has 126 valence electrons. The van der Waals surface area contributed by atoms with Gasteiger partial charge >= 0.3 is 5.97 Å². The molecule has 1 aromatic carbocycles. The first-order chi connectivity index (χ1) is 12.1. The molecule has 0 atom stereocenters. The number of carboxylic acids is 1. The van der Waals surface area contributed by atoms with Crippen LogP contribution < -0.4 is 0 Å². The Morgan fingerprint density at radius 2 is 1.84 bits per heavy atom. The van der Waals surface area contributed by atoms with Crippen LogP contribution in [0.5, 0.6) is 0 Å². The maximum atomic E-state index is 12.8. The molecule has 1 saturated heterocycles. The number of aromatic carboxylic acids is 1. The minimum absolute atomic E-state index is 0.0643. The summed E-state index contributed by atoms with van der Waals surface area (Å²) in [5.74, 6) is -0.899. The molecule has 0 radical (unpaired) electrons. The molecule has 1 amide bonds. The lowest BCUT2D eigenvalue weighted by molar-refractivity contribution is 0.0574. The van der Waals surface area contributed by atoms with E-state index in [1.807, 2.05) is 47.3 Å². The van der Waals surface area contributed by atoms with Crippen LogP contribution in [0, 0.1) is 0 Å². The number of likely N-dealkylation sites (tertiary alicyclic amines) is 1. The van der Waals surface area contributed by atoms with Crippen LogP contribution in [0.1, 0.15) is 32.7 Å². The molecular formula is C18H15N3O4. The second-order valence-corrected chi connectivity index (χ2v) is 5.89. The molecular weight excluding hydrogens is 322 g/mol. The monoisotopic (exact) mass is 337 g/mol. The molecule has 25 heavy (non-hydrogen) atoms. The van der Waals surface area contributed by atoms with Crippen LogP contribution in [0.3, 0.4) is 0 Å². The molecule has 7 heteroatoms. The summed E-state index contributed by atoms with van der Waals surface area (Å²) in [5.41, 5.74) is 1.33. The quantitative estimate of drug-likeness (QED) is 0.790. The van der Waals surface area contributed by atoms with E-state index in [4.69, 9.17) is 9.52 Å². The number of carboxylic acid groups (broad SMARTS) is 1. The lowest BCUT2D eigenvalue weighted by Gasteiger charge is -2.37. The zero-order chi connectivity index (χ0) is 17.4. The van der Waals surface area contributed by atoms with Gasteiger partial charge in [0, 0.05) is 25.5 Å². The maximum Gasteiger partial charge on any atom is 0.357 e. The number of rotatable bonds is 4. The molecule has 0 unspecified atom stereocenters. The Hall–Kier alpha value is -3.35. The zero-order valence-corrected chi connectivity index (χ0v) is 13.2. The van der Waals surface area contributed by atoms with E-state index < -0.39 is 5.97 Å². The van der Waals surface area contributed by atoms with Crippen LogP contribution in [0.15, 0.2) is 59.5 Å². The number of hydrogen-bond acceptors (Lipinski definition) is 4. The minimum Gasteiger partial charge on any atom is -0.476 e. The summed E-state index contributed by atoms with van der Waals surface area (Å²) in [4.78, 5) is 29.3. The number of carbonyl (C=O) groups is 2. The lowest BCUT2D eigenvalue weighted by Crippen LogP contribution is -2.48. The topological polar surface area (TPSA) is 88.6 Å². The number of amides is 1. The number of benzene rings is 1. The molecule has 1 aliphatic heterocycles. The molecule has 1 aliphatic rings. The van der Waals surface area contributed by atoms with Crippen molar-refractivity contribution < 1.29 is 19.1 Å². The van der Waals surface area contributed by atoms with Gasteiger partial charge in [-0.3, -0.25) is 4.79 Å². The van der Waals surface area contributed by atoms with Gasteiger partial charge in [-0.25, -0.2) is 9.78 Å². The number of oxazole rings is 1. The maximum absolute atomic E-state index is 12.8. The fourth-order valence-corrected chi connectivity index (χ4v) is 2.92. The summed E-state index contributed by atoms with van der Waals surface area (Å²) in [6.07, 6.45) is 4.92. The van der Waals surface area contributed by atoms with Crippen molar-refractivity contribution in [3.8, 4) is 5.69 Å². The lowest BCUT2D eigenvalue weighted by atomic mass is 9.98. The van der Waals surface area contributed by atoms with Crippen molar-refractivity contribution >= 4 is 11.9 Å². The molecule has 7 nitrogen and oxygen atoms in total. The van der Waals surface area contributed by atoms with E-state index in [1.165, 1.54) is 0 Å². The molecule has 1 N–H and O–H groups in total. The van der Waals surface area contributed by atoms with Crippen molar-refractivity contribution in [2.45, 2.75) is 5.92 Å². The normalized spacial score (nSPS) is 14.3. The molecule has 0 saturated carbocycles. The molecule has 4 rings (SSSR count). The van der Waals surface area contributed by atoms with Gasteiger partial charge in [-0.2, -0.15) is 0 Å². The number of carbonyl (C=O) groups excluding carboxylic acids is 1. The van der Waals surface area contributed by atoms with Gasteiger partial charge in [0.25, 0.3) is 5.91 Å². The number of hydrogen-bond donors (Lipinski definition) is 1. The van der Waals surface area contributed by atoms with Gasteiger partial charge in [0.1, 0.15) is 6.26 Å². The van der Waals surface area contributed by atoms with Crippen LogP contribution in [-0.2, 0) is 0 Å². The highest BCUT2D eigenvalue weighted by Crippen LogP contribution is 2.29. The van der Waals surface area contributed by atoms with Crippen molar-refractivity contribution in [3.05, 3.63) is 72.2 Å². The number of nitrogens with zero attached hydrogens (tertiary/aromatic N) is 3. The first kappa shape index (κ1) is 15.2. The molecule has 0 spiro atoms. The van der Waals surface area contributed by atoms with Crippen molar-refractivity contribution in [1.82, 2.24) is 14.5 Å².